The summed E-state index contributed by atoms with van der Waals surface area (Å²) in [5, 5.41) is 22.9. The Labute approximate surface area is 228 Å². The van der Waals surface area contributed by atoms with Gasteiger partial charge in [-0.3, -0.25) is 4.79 Å². The molecule has 12 atom stereocenters. The second-order valence-corrected chi connectivity index (χ2v) is 23.6. The molecule has 0 aromatic carbocycles. The SMILES string of the molecule is COC(=O)[C@]12OC[C@]34[C@H](OC(=O)C[C@@H]13)[C@H](O)[C@H]1[C@H](C)[C@@H](O)CC[C@]1(C)[C@H]4[C@@H](O[Si](C)(C)C)[C@@H]2O[Si](C)(C)C. The van der Waals surface area contributed by atoms with Crippen LogP contribution >= 0.6 is 0 Å². The summed E-state index contributed by atoms with van der Waals surface area (Å²) < 4.78 is 32.0. The Bertz CT molecular complexity index is 994. The summed E-state index contributed by atoms with van der Waals surface area (Å²) in [5.41, 5.74) is -2.87. The van der Waals surface area contributed by atoms with E-state index in [1.807, 2.05) is 6.92 Å². The molecule has 5 aliphatic rings. The van der Waals surface area contributed by atoms with E-state index in [-0.39, 0.29) is 30.8 Å². The molecule has 2 heterocycles. The van der Waals surface area contributed by atoms with Crippen molar-refractivity contribution in [2.24, 2.45) is 34.5 Å². The van der Waals surface area contributed by atoms with Crippen LogP contribution in [0.3, 0.4) is 0 Å². The van der Waals surface area contributed by atoms with Crippen molar-refractivity contribution in [2.75, 3.05) is 13.7 Å². The van der Waals surface area contributed by atoms with Crippen molar-refractivity contribution in [3.63, 3.8) is 0 Å². The quantitative estimate of drug-likeness (QED) is 0.380. The molecule has 11 heteroatoms. The third-order valence-corrected chi connectivity index (χ3v) is 12.2. The Morgan fingerprint density at radius 3 is 2.29 bits per heavy atom. The highest BCUT2D eigenvalue weighted by molar-refractivity contribution is 6.70. The first-order valence-electron chi connectivity index (χ1n) is 14.1. The van der Waals surface area contributed by atoms with Crippen LogP contribution in [0.5, 0.6) is 0 Å². The molecule has 5 rings (SSSR count). The van der Waals surface area contributed by atoms with E-state index in [0.717, 1.165) is 0 Å². The summed E-state index contributed by atoms with van der Waals surface area (Å²) in [4.78, 5) is 27.0. The van der Waals surface area contributed by atoms with Gasteiger partial charge in [-0.2, -0.15) is 0 Å². The summed E-state index contributed by atoms with van der Waals surface area (Å²) in [6.07, 6.45) is -2.49. The topological polar surface area (TPSA) is 121 Å². The van der Waals surface area contributed by atoms with Crippen molar-refractivity contribution in [1.29, 1.82) is 0 Å². The van der Waals surface area contributed by atoms with Gasteiger partial charge in [-0.15, -0.1) is 0 Å². The number of hydrogen-bond donors (Lipinski definition) is 2. The lowest BCUT2D eigenvalue weighted by Crippen LogP contribution is -2.80. The summed E-state index contributed by atoms with van der Waals surface area (Å²) in [6, 6.07) is 0. The highest BCUT2D eigenvalue weighted by Crippen LogP contribution is 2.73. The highest BCUT2D eigenvalue weighted by Gasteiger charge is 2.84. The number of carbonyl (C=O) groups is 2. The third kappa shape index (κ3) is 3.79. The van der Waals surface area contributed by atoms with Crippen LogP contribution in [0.1, 0.15) is 33.1 Å². The highest BCUT2D eigenvalue weighted by atomic mass is 28.4. The molecule has 1 spiro atoms. The van der Waals surface area contributed by atoms with Gasteiger partial charge in [0.25, 0.3) is 0 Å². The number of carbonyl (C=O) groups excluding carboxylic acids is 2. The monoisotopic (exact) mass is 570 g/mol. The molecule has 2 saturated heterocycles. The molecule has 0 unspecified atom stereocenters. The predicted molar refractivity (Wildman–Crippen MR) is 143 cm³/mol. The molecule has 38 heavy (non-hydrogen) atoms. The van der Waals surface area contributed by atoms with Gasteiger partial charge in [0.2, 0.25) is 0 Å². The molecular formula is C27H46O9Si2. The largest absolute Gasteiger partial charge is 0.467 e. The molecule has 2 aliphatic heterocycles. The van der Waals surface area contributed by atoms with E-state index in [0.29, 0.717) is 12.8 Å². The average Bonchev–Trinajstić information content (AvgIpc) is 3.06. The molecule has 216 valence electrons. The van der Waals surface area contributed by atoms with Gasteiger partial charge in [0.15, 0.2) is 22.2 Å². The van der Waals surface area contributed by atoms with Crippen molar-refractivity contribution in [2.45, 2.75) is 109 Å². The smallest absolute Gasteiger partial charge is 0.341 e. The van der Waals surface area contributed by atoms with Gasteiger partial charge in [0.05, 0.1) is 38.4 Å². The van der Waals surface area contributed by atoms with Crippen LogP contribution in [-0.4, -0.2) is 88.6 Å². The van der Waals surface area contributed by atoms with Gasteiger partial charge in [-0.1, -0.05) is 13.8 Å². The van der Waals surface area contributed by atoms with E-state index in [1.165, 1.54) is 7.11 Å². The molecule has 3 saturated carbocycles. The molecule has 2 N–H and O–H groups in total. The Hall–Kier alpha value is -0.826. The molecule has 0 aromatic rings. The van der Waals surface area contributed by atoms with Crippen molar-refractivity contribution >= 4 is 28.6 Å². The van der Waals surface area contributed by atoms with Crippen molar-refractivity contribution < 1.29 is 42.9 Å². The lowest BCUT2D eigenvalue weighted by Gasteiger charge is -2.70. The zero-order valence-electron chi connectivity index (χ0n) is 24.3. The predicted octanol–water partition coefficient (Wildman–Crippen LogP) is 2.70. The van der Waals surface area contributed by atoms with Crippen LogP contribution in [0.4, 0.5) is 0 Å². The average molecular weight is 571 g/mol. The maximum atomic E-state index is 13.9. The lowest BCUT2D eigenvalue weighted by atomic mass is 9.37. The Morgan fingerprint density at radius 1 is 1.08 bits per heavy atom. The fourth-order valence-corrected chi connectivity index (χ4v) is 11.5. The maximum Gasteiger partial charge on any atom is 0.341 e. The van der Waals surface area contributed by atoms with Crippen LogP contribution in [0.2, 0.25) is 39.3 Å². The van der Waals surface area contributed by atoms with Gasteiger partial charge < -0.3 is 33.3 Å². The number of aliphatic hydroxyl groups is 2. The van der Waals surface area contributed by atoms with E-state index < -0.39 is 81.4 Å². The summed E-state index contributed by atoms with van der Waals surface area (Å²) in [6.45, 7) is 16.9. The zero-order valence-corrected chi connectivity index (χ0v) is 26.3. The standard InChI is InChI=1S/C27H46O9Si2/c1-14-15(28)10-11-25(2)18(14)19(30)22-26-13-33-27(24(31)32-3,16(26)12-17(29)34-22)23(36-38(7,8)9)20(21(25)26)35-37(4,5)6/h14-16,18-23,28,30H,10-13H2,1-9H3/t14-,15+,16-,18-,19-,20-,21-,22-,23+,25+,26+,27+/m1/s1. The van der Waals surface area contributed by atoms with E-state index >= 15 is 0 Å². The van der Waals surface area contributed by atoms with Gasteiger partial charge in [-0.05, 0) is 69.4 Å². The number of fused-ring (bicyclic) bond motifs is 2. The Morgan fingerprint density at radius 2 is 1.71 bits per heavy atom. The molecule has 2 bridgehead atoms. The molecular weight excluding hydrogens is 524 g/mol. The second kappa shape index (κ2) is 8.83. The molecule has 0 aromatic heterocycles. The van der Waals surface area contributed by atoms with E-state index in [1.54, 1.807) is 0 Å². The number of hydrogen-bond acceptors (Lipinski definition) is 9. The molecule has 9 nitrogen and oxygen atoms in total. The van der Waals surface area contributed by atoms with Gasteiger partial charge in [0, 0.05) is 17.3 Å². The zero-order chi connectivity index (χ0) is 28.2. The first-order valence-corrected chi connectivity index (χ1v) is 20.9. The summed E-state index contributed by atoms with van der Waals surface area (Å²) in [7, 11) is -3.18. The number of ether oxygens (including phenoxy) is 3. The Kier molecular flexibility index (Phi) is 6.67. The minimum Gasteiger partial charge on any atom is -0.467 e. The van der Waals surface area contributed by atoms with Crippen LogP contribution in [0.25, 0.3) is 0 Å². The van der Waals surface area contributed by atoms with Crippen molar-refractivity contribution in [3.05, 3.63) is 0 Å². The molecule has 5 fully saturated rings. The molecule has 0 amide bonds. The maximum absolute atomic E-state index is 13.9. The second-order valence-electron chi connectivity index (χ2n) is 14.7. The van der Waals surface area contributed by atoms with Crippen molar-refractivity contribution in [3.8, 4) is 0 Å². The van der Waals surface area contributed by atoms with E-state index in [2.05, 4.69) is 46.2 Å². The Balaban J connectivity index is 1.81. The number of methoxy groups -OCH3 is 1. The summed E-state index contributed by atoms with van der Waals surface area (Å²) >= 11 is 0. The number of rotatable bonds is 5. The fourth-order valence-electron chi connectivity index (χ4n) is 9.33. The molecule has 3 aliphatic carbocycles. The van der Waals surface area contributed by atoms with Crippen LogP contribution in [0.15, 0.2) is 0 Å². The minimum atomic E-state index is -2.29. The summed E-state index contributed by atoms with van der Waals surface area (Å²) in [5.74, 6) is -2.38. The van der Waals surface area contributed by atoms with Gasteiger partial charge in [0.1, 0.15) is 12.2 Å². The van der Waals surface area contributed by atoms with E-state index in [4.69, 9.17) is 23.1 Å². The first-order chi connectivity index (χ1) is 17.4. The van der Waals surface area contributed by atoms with E-state index in [9.17, 15) is 19.8 Å². The van der Waals surface area contributed by atoms with Crippen molar-refractivity contribution in [1.82, 2.24) is 0 Å². The van der Waals surface area contributed by atoms with Crippen LogP contribution in [-0.2, 0) is 32.7 Å². The number of esters is 2. The van der Waals surface area contributed by atoms with Gasteiger partial charge >= 0.3 is 11.9 Å². The number of aliphatic hydroxyl groups excluding tert-OH is 2. The normalized spacial score (nSPS) is 50.1. The van der Waals surface area contributed by atoms with Gasteiger partial charge in [-0.25, -0.2) is 4.79 Å². The van der Waals surface area contributed by atoms with Crippen LogP contribution < -0.4 is 0 Å². The molecule has 0 radical (unpaired) electrons. The minimum absolute atomic E-state index is 0.0149. The lowest BCUT2D eigenvalue weighted by molar-refractivity contribution is -0.307. The van der Waals surface area contributed by atoms with Crippen LogP contribution in [0, 0.1) is 34.5 Å². The first kappa shape index (κ1) is 28.7. The fraction of sp³-hybridized carbons (Fsp3) is 0.926. The third-order valence-electron chi connectivity index (χ3n) is 10.3.